The van der Waals surface area contributed by atoms with Crippen LogP contribution in [-0.4, -0.2) is 41.2 Å². The molecule has 11 heteroatoms. The molecule has 0 bridgehead atoms. The molecule has 0 unspecified atom stereocenters. The second-order valence-electron chi connectivity index (χ2n) is 6.64. The number of aromatic nitrogens is 3. The molecule has 0 atom stereocenters. The monoisotopic (exact) mass is 431 g/mol. The van der Waals surface area contributed by atoms with Crippen molar-refractivity contribution in [3.05, 3.63) is 60.0 Å². The molecule has 0 saturated heterocycles. The summed E-state index contributed by atoms with van der Waals surface area (Å²) in [5.74, 6) is -2.09. The lowest BCUT2D eigenvalue weighted by atomic mass is 10.1. The van der Waals surface area contributed by atoms with Crippen LogP contribution in [0.15, 0.2) is 57.5 Å². The zero-order valence-corrected chi connectivity index (χ0v) is 16.2. The number of carbonyl (C=O) groups is 1. The third-order valence-electron chi connectivity index (χ3n) is 4.39. The Morgan fingerprint density at radius 3 is 2.68 bits per heavy atom. The smallest absolute Gasteiger partial charge is 0.423 e. The van der Waals surface area contributed by atoms with Crippen molar-refractivity contribution in [3.8, 4) is 11.4 Å². The normalized spacial score (nSPS) is 11.6. The zero-order chi connectivity index (χ0) is 22.0. The van der Waals surface area contributed by atoms with Crippen LogP contribution in [0.25, 0.3) is 22.5 Å². The average Bonchev–Trinajstić information content (AvgIpc) is 3.41. The summed E-state index contributed by atoms with van der Waals surface area (Å²) in [7, 11) is 1.78. The van der Waals surface area contributed by atoms with Gasteiger partial charge in [-0.1, -0.05) is 29.4 Å². The Balaban J connectivity index is 1.37. The van der Waals surface area contributed by atoms with Crippen LogP contribution in [-0.2, 0) is 6.18 Å². The van der Waals surface area contributed by atoms with E-state index >= 15 is 0 Å². The number of amides is 1. The number of benzene rings is 2. The number of rotatable bonds is 6. The first-order valence-electron chi connectivity index (χ1n) is 9.17. The maximum absolute atomic E-state index is 12.6. The number of hydrogen-bond donors (Lipinski definition) is 1. The highest BCUT2D eigenvalue weighted by molar-refractivity contribution is 5.95. The Kier molecular flexibility index (Phi) is 5.32. The van der Waals surface area contributed by atoms with E-state index in [0.29, 0.717) is 24.7 Å². The second-order valence-corrected chi connectivity index (χ2v) is 6.64. The Labute approximate surface area is 173 Å². The highest BCUT2D eigenvalue weighted by Gasteiger charge is 2.38. The van der Waals surface area contributed by atoms with E-state index in [1.807, 2.05) is 24.3 Å². The zero-order valence-electron chi connectivity index (χ0n) is 16.2. The van der Waals surface area contributed by atoms with Gasteiger partial charge in [0.2, 0.25) is 5.82 Å². The molecular weight excluding hydrogens is 415 g/mol. The van der Waals surface area contributed by atoms with Crippen molar-refractivity contribution in [3.63, 3.8) is 0 Å². The van der Waals surface area contributed by atoms with E-state index in [9.17, 15) is 18.0 Å². The first kappa shape index (κ1) is 20.4. The van der Waals surface area contributed by atoms with Crippen LogP contribution in [0, 0.1) is 0 Å². The molecule has 0 spiro atoms. The number of likely N-dealkylation sites (N-methyl/N-ethyl adjacent to an activating group) is 1. The summed E-state index contributed by atoms with van der Waals surface area (Å²) in [4.78, 5) is 21.9. The molecule has 4 aromatic rings. The van der Waals surface area contributed by atoms with Gasteiger partial charge in [0.05, 0.1) is 0 Å². The fraction of sp³-hybridized carbons (Fsp3) is 0.200. The fourth-order valence-corrected chi connectivity index (χ4v) is 2.81. The number of halogens is 3. The molecular formula is C20H16F3N5O3. The van der Waals surface area contributed by atoms with Crippen LogP contribution in [0.1, 0.15) is 16.2 Å². The van der Waals surface area contributed by atoms with Crippen LogP contribution in [0.2, 0.25) is 0 Å². The number of anilines is 1. The second kappa shape index (κ2) is 8.09. The predicted molar refractivity (Wildman–Crippen MR) is 104 cm³/mol. The largest absolute Gasteiger partial charge is 0.471 e. The molecule has 0 radical (unpaired) electrons. The van der Waals surface area contributed by atoms with Crippen LogP contribution >= 0.6 is 0 Å². The first-order valence-corrected chi connectivity index (χ1v) is 9.17. The van der Waals surface area contributed by atoms with E-state index in [4.69, 9.17) is 4.42 Å². The van der Waals surface area contributed by atoms with Crippen molar-refractivity contribution >= 4 is 23.0 Å². The van der Waals surface area contributed by atoms with Crippen molar-refractivity contribution in [1.29, 1.82) is 0 Å². The summed E-state index contributed by atoms with van der Waals surface area (Å²) in [6, 6.07) is 13.7. The van der Waals surface area contributed by atoms with Crippen molar-refractivity contribution in [2.75, 3.05) is 25.0 Å². The van der Waals surface area contributed by atoms with Crippen LogP contribution in [0.5, 0.6) is 0 Å². The summed E-state index contributed by atoms with van der Waals surface area (Å²) in [5.41, 5.74) is 1.89. The van der Waals surface area contributed by atoms with Gasteiger partial charge < -0.3 is 19.2 Å². The molecule has 1 amide bonds. The molecule has 2 heterocycles. The average molecular weight is 431 g/mol. The van der Waals surface area contributed by atoms with Crippen LogP contribution in [0.3, 0.4) is 0 Å². The van der Waals surface area contributed by atoms with Crippen LogP contribution < -0.4 is 10.2 Å². The summed E-state index contributed by atoms with van der Waals surface area (Å²) in [5, 5.41) is 6.08. The summed E-state index contributed by atoms with van der Waals surface area (Å²) < 4.78 is 47.8. The number of oxazole rings is 1. The molecule has 0 fully saturated rings. The minimum Gasteiger partial charge on any atom is -0.423 e. The lowest BCUT2D eigenvalue weighted by Gasteiger charge is -2.14. The first-order chi connectivity index (χ1) is 14.8. The maximum atomic E-state index is 12.6. The molecule has 4 rings (SSSR count). The van der Waals surface area contributed by atoms with E-state index < -0.39 is 18.0 Å². The highest BCUT2D eigenvalue weighted by Crippen LogP contribution is 2.29. The molecule has 1 N–H and O–H groups in total. The molecule has 2 aromatic heterocycles. The van der Waals surface area contributed by atoms with Gasteiger partial charge in [-0.3, -0.25) is 4.79 Å². The van der Waals surface area contributed by atoms with E-state index in [-0.39, 0.29) is 17.0 Å². The van der Waals surface area contributed by atoms with Crippen molar-refractivity contribution < 1.29 is 26.9 Å². The van der Waals surface area contributed by atoms with E-state index in [2.05, 4.69) is 25.0 Å². The van der Waals surface area contributed by atoms with Gasteiger partial charge in [-0.15, -0.1) is 0 Å². The van der Waals surface area contributed by atoms with E-state index in [1.165, 1.54) is 24.3 Å². The number of nitrogens with one attached hydrogen (secondary N) is 1. The quantitative estimate of drug-likeness (QED) is 0.496. The van der Waals surface area contributed by atoms with Gasteiger partial charge in [-0.2, -0.15) is 23.1 Å². The number of hydrogen-bond acceptors (Lipinski definition) is 7. The van der Waals surface area contributed by atoms with Gasteiger partial charge in [0, 0.05) is 31.3 Å². The number of nitrogens with zero attached hydrogens (tertiary/aromatic N) is 4. The molecule has 0 aliphatic heterocycles. The Bertz CT molecular complexity index is 1180. The minimum atomic E-state index is -4.74. The molecule has 160 valence electrons. The predicted octanol–water partition coefficient (Wildman–Crippen LogP) is 3.76. The Morgan fingerprint density at radius 2 is 1.94 bits per heavy atom. The van der Waals surface area contributed by atoms with Crippen molar-refractivity contribution in [2.24, 2.45) is 0 Å². The SMILES string of the molecule is CN(CCNC(=O)c1cccc(-c2noc(C(F)(F)F)n2)c1)c1nc2ccccc2o1. The topological polar surface area (TPSA) is 97.3 Å². The van der Waals surface area contributed by atoms with Crippen molar-refractivity contribution in [1.82, 2.24) is 20.4 Å². The number of alkyl halides is 3. The lowest BCUT2D eigenvalue weighted by Crippen LogP contribution is -2.33. The Hall–Kier alpha value is -3.89. The standard InChI is InChI=1S/C20H16F3N5O3/c1-28(19-25-14-7-2-3-8-15(14)30-19)10-9-24-17(29)13-6-4-5-12(11-13)16-26-18(31-27-16)20(21,22)23/h2-8,11H,9-10H2,1H3,(H,24,29). The number of para-hydroxylation sites is 2. The highest BCUT2D eigenvalue weighted by atomic mass is 19.4. The van der Waals surface area contributed by atoms with E-state index in [0.717, 1.165) is 5.52 Å². The third kappa shape index (κ3) is 4.49. The molecule has 0 saturated carbocycles. The number of fused-ring (bicyclic) bond motifs is 1. The molecule has 8 nitrogen and oxygen atoms in total. The molecule has 2 aromatic carbocycles. The van der Waals surface area contributed by atoms with Crippen LogP contribution in [0.4, 0.5) is 19.2 Å². The summed E-state index contributed by atoms with van der Waals surface area (Å²) in [6.07, 6.45) is -4.74. The number of carbonyl (C=O) groups excluding carboxylic acids is 1. The molecule has 0 aliphatic carbocycles. The lowest BCUT2D eigenvalue weighted by molar-refractivity contribution is -0.159. The van der Waals surface area contributed by atoms with Gasteiger partial charge in [-0.05, 0) is 24.3 Å². The van der Waals surface area contributed by atoms with Gasteiger partial charge >= 0.3 is 12.1 Å². The van der Waals surface area contributed by atoms with Gasteiger partial charge in [-0.25, -0.2) is 0 Å². The van der Waals surface area contributed by atoms with Gasteiger partial charge in [0.15, 0.2) is 5.58 Å². The third-order valence-corrected chi connectivity index (χ3v) is 4.39. The van der Waals surface area contributed by atoms with Gasteiger partial charge in [0.1, 0.15) is 5.52 Å². The molecule has 0 aliphatic rings. The van der Waals surface area contributed by atoms with Gasteiger partial charge in [0.25, 0.3) is 11.9 Å². The Morgan fingerprint density at radius 1 is 1.13 bits per heavy atom. The summed E-state index contributed by atoms with van der Waals surface area (Å²) >= 11 is 0. The molecule has 31 heavy (non-hydrogen) atoms. The van der Waals surface area contributed by atoms with E-state index in [1.54, 1.807) is 11.9 Å². The summed E-state index contributed by atoms with van der Waals surface area (Å²) in [6.45, 7) is 0.719. The minimum absolute atomic E-state index is 0.232. The van der Waals surface area contributed by atoms with Crippen molar-refractivity contribution in [2.45, 2.75) is 6.18 Å². The maximum Gasteiger partial charge on any atom is 0.471 e. The fourth-order valence-electron chi connectivity index (χ4n) is 2.81.